The molecule has 24 heavy (non-hydrogen) atoms. The highest BCUT2D eigenvalue weighted by molar-refractivity contribution is 5.89. The van der Waals surface area contributed by atoms with E-state index in [0.29, 0.717) is 12.2 Å². The van der Waals surface area contributed by atoms with Gasteiger partial charge in [-0.3, -0.25) is 0 Å². The Morgan fingerprint density at radius 2 is 2.08 bits per heavy atom. The Hall–Kier alpha value is -2.76. The van der Waals surface area contributed by atoms with E-state index in [1.807, 2.05) is 36.8 Å². The van der Waals surface area contributed by atoms with Crippen molar-refractivity contribution in [2.75, 3.05) is 7.11 Å². The molecule has 5 nitrogen and oxygen atoms in total. The average molecular weight is 321 g/mol. The summed E-state index contributed by atoms with van der Waals surface area (Å²) in [6.07, 6.45) is 14.1. The molecule has 0 N–H and O–H groups in total. The number of nitrogens with zero attached hydrogens (tertiary/aromatic N) is 2. The minimum Gasteiger partial charge on any atom is -0.465 e. The van der Waals surface area contributed by atoms with Gasteiger partial charge in [-0.05, 0) is 23.8 Å². The summed E-state index contributed by atoms with van der Waals surface area (Å²) in [6, 6.07) is 7.35. The first-order valence-electron chi connectivity index (χ1n) is 7.75. The molecule has 0 bridgehead atoms. The summed E-state index contributed by atoms with van der Waals surface area (Å²) in [4.78, 5) is 22.0. The highest BCUT2D eigenvalue weighted by atomic mass is 16.7. The third-order valence-electron chi connectivity index (χ3n) is 4.43. The fourth-order valence-corrected chi connectivity index (χ4v) is 3.16. The van der Waals surface area contributed by atoms with Crippen molar-refractivity contribution in [1.82, 2.24) is 0 Å². The van der Waals surface area contributed by atoms with Crippen molar-refractivity contribution in [3.8, 4) is 0 Å². The SMILES string of the molecule is COC(=O)c1ccc(CO[N+]23C=NC=C2C=C2C=CC=CC23)cc1. The summed E-state index contributed by atoms with van der Waals surface area (Å²) in [5.74, 6) is -0.339. The second-order valence-electron chi connectivity index (χ2n) is 5.82. The highest BCUT2D eigenvalue weighted by Crippen LogP contribution is 2.40. The molecule has 2 aliphatic heterocycles. The first-order chi connectivity index (χ1) is 11.7. The van der Waals surface area contributed by atoms with E-state index in [-0.39, 0.29) is 16.7 Å². The second-order valence-corrected chi connectivity index (χ2v) is 5.82. The maximum Gasteiger partial charge on any atom is 0.337 e. The number of fused-ring (bicyclic) bond motifs is 3. The Morgan fingerprint density at radius 1 is 1.25 bits per heavy atom. The normalized spacial score (nSPS) is 26.0. The van der Waals surface area contributed by atoms with Crippen LogP contribution in [0.25, 0.3) is 0 Å². The van der Waals surface area contributed by atoms with Gasteiger partial charge in [0, 0.05) is 11.6 Å². The van der Waals surface area contributed by atoms with Crippen LogP contribution >= 0.6 is 0 Å². The summed E-state index contributed by atoms with van der Waals surface area (Å²) in [7, 11) is 1.38. The molecule has 4 rings (SSSR count). The van der Waals surface area contributed by atoms with Gasteiger partial charge in [0.05, 0.1) is 18.9 Å². The van der Waals surface area contributed by atoms with Gasteiger partial charge in [0.25, 0.3) is 0 Å². The molecule has 0 amide bonds. The van der Waals surface area contributed by atoms with Crippen molar-refractivity contribution < 1.29 is 19.0 Å². The van der Waals surface area contributed by atoms with Crippen LogP contribution in [0.3, 0.4) is 0 Å². The van der Waals surface area contributed by atoms with Gasteiger partial charge >= 0.3 is 5.97 Å². The van der Waals surface area contributed by atoms with Crippen LogP contribution in [-0.2, 0) is 16.2 Å². The van der Waals surface area contributed by atoms with Crippen molar-refractivity contribution >= 4 is 12.3 Å². The van der Waals surface area contributed by atoms with Crippen molar-refractivity contribution in [3.63, 3.8) is 0 Å². The number of allylic oxidation sites excluding steroid dienone is 3. The Morgan fingerprint density at radius 3 is 2.88 bits per heavy atom. The van der Waals surface area contributed by atoms with Gasteiger partial charge in [-0.1, -0.05) is 35.0 Å². The maximum absolute atomic E-state index is 11.5. The second kappa shape index (κ2) is 5.70. The quantitative estimate of drug-likeness (QED) is 0.632. The molecular formula is C19H17N2O3+. The maximum atomic E-state index is 11.5. The molecule has 1 aromatic rings. The molecule has 0 saturated carbocycles. The minimum atomic E-state index is -0.339. The van der Waals surface area contributed by atoms with Gasteiger partial charge in [-0.25, -0.2) is 9.79 Å². The van der Waals surface area contributed by atoms with E-state index in [0.717, 1.165) is 11.3 Å². The van der Waals surface area contributed by atoms with Crippen molar-refractivity contribution in [2.45, 2.75) is 12.6 Å². The molecule has 1 aliphatic carbocycles. The fourth-order valence-electron chi connectivity index (χ4n) is 3.16. The molecule has 0 fully saturated rings. The van der Waals surface area contributed by atoms with Crippen LogP contribution in [0.5, 0.6) is 0 Å². The molecule has 1 aromatic carbocycles. The third-order valence-corrected chi connectivity index (χ3v) is 4.43. The number of quaternary nitrogens is 1. The lowest BCUT2D eigenvalue weighted by atomic mass is 10.0. The molecule has 0 radical (unpaired) electrons. The van der Waals surface area contributed by atoms with Crippen molar-refractivity contribution in [2.24, 2.45) is 4.99 Å². The number of methoxy groups -OCH3 is 1. The molecule has 5 heteroatoms. The van der Waals surface area contributed by atoms with Crippen molar-refractivity contribution in [1.29, 1.82) is 0 Å². The van der Waals surface area contributed by atoms with Gasteiger partial charge in [-0.2, -0.15) is 4.84 Å². The number of hydroxylamine groups is 3. The van der Waals surface area contributed by atoms with Crippen LogP contribution in [0.4, 0.5) is 0 Å². The Balaban J connectivity index is 1.52. The number of esters is 1. The largest absolute Gasteiger partial charge is 0.465 e. The zero-order valence-corrected chi connectivity index (χ0v) is 13.3. The molecule has 3 aliphatic rings. The van der Waals surface area contributed by atoms with E-state index in [9.17, 15) is 4.79 Å². The van der Waals surface area contributed by atoms with E-state index in [1.165, 1.54) is 12.7 Å². The van der Waals surface area contributed by atoms with E-state index in [2.05, 4.69) is 23.2 Å². The molecule has 0 saturated heterocycles. The number of benzene rings is 1. The number of carbonyl (C=O) groups excluding carboxylic acids is 1. The smallest absolute Gasteiger partial charge is 0.337 e. The van der Waals surface area contributed by atoms with Gasteiger partial charge in [-0.15, -0.1) is 0 Å². The van der Waals surface area contributed by atoms with Gasteiger partial charge < -0.3 is 4.74 Å². The molecule has 120 valence electrons. The average Bonchev–Trinajstić information content (AvgIpc) is 3.16. The zero-order chi connectivity index (χ0) is 16.6. The first kappa shape index (κ1) is 14.8. The summed E-state index contributed by atoms with van der Waals surface area (Å²) in [5.41, 5.74) is 3.76. The number of carbonyl (C=O) groups is 1. The molecule has 2 unspecified atom stereocenters. The predicted molar refractivity (Wildman–Crippen MR) is 89.6 cm³/mol. The molecule has 2 atom stereocenters. The van der Waals surface area contributed by atoms with Crippen LogP contribution in [0, 0.1) is 0 Å². The van der Waals surface area contributed by atoms with Gasteiger partial charge in [0.2, 0.25) is 6.34 Å². The lowest BCUT2D eigenvalue weighted by Gasteiger charge is -2.31. The summed E-state index contributed by atoms with van der Waals surface area (Å²) >= 11 is 0. The molecular weight excluding hydrogens is 304 g/mol. The van der Waals surface area contributed by atoms with Crippen LogP contribution in [0.1, 0.15) is 15.9 Å². The number of ether oxygens (including phenoxy) is 1. The number of hydrogen-bond acceptors (Lipinski definition) is 4. The first-order valence-corrected chi connectivity index (χ1v) is 7.75. The van der Waals surface area contributed by atoms with Crippen LogP contribution in [0.15, 0.2) is 77.1 Å². The van der Waals surface area contributed by atoms with Crippen LogP contribution in [-0.4, -0.2) is 30.1 Å². The zero-order valence-electron chi connectivity index (χ0n) is 13.3. The molecule has 2 heterocycles. The standard InChI is InChI=1S/C19H17N2O3/c1-23-19(22)15-8-6-14(7-9-15)12-24-21-13-20-11-17(21)10-16-4-2-3-5-18(16)21/h2-11,13,18H,12H2,1H3/q+1. The van der Waals surface area contributed by atoms with Crippen LogP contribution < -0.4 is 0 Å². The highest BCUT2D eigenvalue weighted by Gasteiger charge is 2.50. The van der Waals surface area contributed by atoms with E-state index in [4.69, 9.17) is 9.57 Å². The van der Waals surface area contributed by atoms with Gasteiger partial charge in [0.1, 0.15) is 6.61 Å². The lowest BCUT2D eigenvalue weighted by molar-refractivity contribution is -1.01. The van der Waals surface area contributed by atoms with Gasteiger partial charge in [0.15, 0.2) is 11.7 Å². The molecule has 0 spiro atoms. The lowest BCUT2D eigenvalue weighted by Crippen LogP contribution is -2.48. The topological polar surface area (TPSA) is 47.9 Å². The minimum absolute atomic E-state index is 0.0989. The Kier molecular flexibility index (Phi) is 3.52. The molecule has 0 aromatic heterocycles. The number of rotatable bonds is 4. The Bertz CT molecular complexity index is 831. The summed E-state index contributed by atoms with van der Waals surface area (Å²) < 4.78 is 4.97. The number of aliphatic imine (C=N–C) groups is 1. The monoisotopic (exact) mass is 321 g/mol. The number of hydrogen-bond donors (Lipinski definition) is 0. The fraction of sp³-hybridized carbons (Fsp3) is 0.158. The third kappa shape index (κ3) is 2.26. The van der Waals surface area contributed by atoms with E-state index < -0.39 is 0 Å². The van der Waals surface area contributed by atoms with E-state index in [1.54, 1.807) is 12.1 Å². The predicted octanol–water partition coefficient (Wildman–Crippen LogP) is 3.04. The summed E-state index contributed by atoms with van der Waals surface area (Å²) in [6.45, 7) is 0.417. The summed E-state index contributed by atoms with van der Waals surface area (Å²) in [5, 5.41) is 0. The van der Waals surface area contributed by atoms with Crippen molar-refractivity contribution in [3.05, 3.63) is 83.2 Å². The van der Waals surface area contributed by atoms with Crippen LogP contribution in [0.2, 0.25) is 0 Å². The Labute approximate surface area is 140 Å². The van der Waals surface area contributed by atoms with E-state index >= 15 is 0 Å².